The van der Waals surface area contributed by atoms with Gasteiger partial charge in [-0.25, -0.2) is 0 Å². The topological polar surface area (TPSA) is 23.8 Å². The molecule has 0 saturated heterocycles. The van der Waals surface area contributed by atoms with Crippen molar-refractivity contribution in [3.8, 4) is 27.0 Å². The van der Waals surface area contributed by atoms with Gasteiger partial charge in [-0.1, -0.05) is 56.2 Å². The SMILES string of the molecule is CCCC1CCC(c2ccc(-c3cc4sc(-c5ccc(C#N)cc5)cc4s3)cc2)CC1. The Morgan fingerprint density at radius 3 is 1.87 bits per heavy atom. The van der Waals surface area contributed by atoms with E-state index in [1.165, 1.54) is 74.4 Å². The average Bonchev–Trinajstić information content (AvgIpc) is 3.40. The van der Waals surface area contributed by atoms with Gasteiger partial charge in [-0.05, 0) is 78.5 Å². The van der Waals surface area contributed by atoms with Gasteiger partial charge in [-0.2, -0.15) is 5.26 Å². The summed E-state index contributed by atoms with van der Waals surface area (Å²) in [5, 5.41) is 8.99. The summed E-state index contributed by atoms with van der Waals surface area (Å²) in [6.07, 6.45) is 8.27. The van der Waals surface area contributed by atoms with Gasteiger partial charge in [-0.3, -0.25) is 0 Å². The van der Waals surface area contributed by atoms with E-state index in [0.29, 0.717) is 5.56 Å². The smallest absolute Gasteiger partial charge is 0.0991 e. The fourth-order valence-corrected chi connectivity index (χ4v) is 7.35. The fraction of sp³-hybridized carbons (Fsp3) is 0.321. The molecule has 0 N–H and O–H groups in total. The number of benzene rings is 2. The number of nitriles is 1. The van der Waals surface area contributed by atoms with E-state index in [-0.39, 0.29) is 0 Å². The Balaban J connectivity index is 1.30. The van der Waals surface area contributed by atoms with Crippen LogP contribution in [0.4, 0.5) is 0 Å². The zero-order chi connectivity index (χ0) is 21.2. The molecule has 1 fully saturated rings. The third kappa shape index (κ3) is 4.33. The monoisotopic (exact) mass is 441 g/mol. The lowest BCUT2D eigenvalue weighted by molar-refractivity contribution is 0.308. The number of nitrogens with zero attached hydrogens (tertiary/aromatic N) is 1. The molecule has 1 aliphatic carbocycles. The molecule has 1 nitrogen and oxygen atoms in total. The van der Waals surface area contributed by atoms with Crippen LogP contribution in [0.2, 0.25) is 0 Å². The molecule has 31 heavy (non-hydrogen) atoms. The van der Waals surface area contributed by atoms with Gasteiger partial charge in [0.2, 0.25) is 0 Å². The average molecular weight is 442 g/mol. The van der Waals surface area contributed by atoms with Gasteiger partial charge in [-0.15, -0.1) is 22.7 Å². The summed E-state index contributed by atoms with van der Waals surface area (Å²) >= 11 is 3.72. The van der Waals surface area contributed by atoms with Gasteiger partial charge < -0.3 is 0 Å². The van der Waals surface area contributed by atoms with E-state index < -0.39 is 0 Å². The normalized spacial score (nSPS) is 18.8. The van der Waals surface area contributed by atoms with Crippen LogP contribution in [0.5, 0.6) is 0 Å². The Hall–Kier alpha value is -2.41. The van der Waals surface area contributed by atoms with Crippen LogP contribution in [-0.2, 0) is 0 Å². The maximum Gasteiger partial charge on any atom is 0.0991 e. The molecule has 0 radical (unpaired) electrons. The van der Waals surface area contributed by atoms with E-state index in [1.54, 1.807) is 0 Å². The maximum atomic E-state index is 8.99. The first-order valence-electron chi connectivity index (χ1n) is 11.4. The van der Waals surface area contributed by atoms with Gasteiger partial charge in [0.05, 0.1) is 11.6 Å². The maximum absolute atomic E-state index is 8.99. The van der Waals surface area contributed by atoms with E-state index in [0.717, 1.165) is 11.8 Å². The van der Waals surface area contributed by atoms with Crippen molar-refractivity contribution in [3.05, 3.63) is 71.8 Å². The minimum atomic E-state index is 0.710. The number of thiophene rings is 2. The summed E-state index contributed by atoms with van der Waals surface area (Å²) in [4.78, 5) is 2.62. The van der Waals surface area contributed by atoms with E-state index >= 15 is 0 Å². The summed E-state index contributed by atoms with van der Waals surface area (Å²) < 4.78 is 2.69. The number of hydrogen-bond donors (Lipinski definition) is 0. The molecule has 1 saturated carbocycles. The van der Waals surface area contributed by atoms with E-state index in [2.05, 4.69) is 49.4 Å². The molecular weight excluding hydrogens is 414 g/mol. The quantitative estimate of drug-likeness (QED) is 0.303. The highest BCUT2D eigenvalue weighted by Crippen LogP contribution is 2.42. The lowest BCUT2D eigenvalue weighted by atomic mass is 9.77. The highest BCUT2D eigenvalue weighted by atomic mass is 32.1. The van der Waals surface area contributed by atoms with Crippen LogP contribution < -0.4 is 0 Å². The Morgan fingerprint density at radius 2 is 1.35 bits per heavy atom. The standard InChI is InChI=1S/C28H27NS2/c1-2-3-19-4-8-21(9-5-19)22-12-14-24(15-13-22)26-17-28-27(31-26)16-25(30-28)23-10-6-20(18-29)7-11-23/h6-7,10-17,19,21H,2-5,8-9H2,1H3. The first kappa shape index (κ1) is 20.5. The van der Waals surface area contributed by atoms with Crippen LogP contribution in [0.25, 0.3) is 30.3 Å². The Bertz CT molecular complexity index is 1170. The molecule has 0 bridgehead atoms. The molecule has 0 atom stereocenters. The van der Waals surface area contributed by atoms with Gasteiger partial charge in [0, 0.05) is 19.2 Å². The summed E-state index contributed by atoms with van der Waals surface area (Å²) in [6.45, 7) is 2.31. The predicted octanol–water partition coefficient (Wildman–Crippen LogP) is 9.24. The van der Waals surface area contributed by atoms with Crippen molar-refractivity contribution in [2.24, 2.45) is 5.92 Å². The molecule has 2 aromatic carbocycles. The van der Waals surface area contributed by atoms with Crippen LogP contribution in [0.15, 0.2) is 60.7 Å². The van der Waals surface area contributed by atoms with E-state index in [9.17, 15) is 0 Å². The molecule has 0 amide bonds. The molecular formula is C28H27NS2. The van der Waals surface area contributed by atoms with Gasteiger partial charge in [0.15, 0.2) is 0 Å². The molecule has 0 unspecified atom stereocenters. The summed E-state index contributed by atoms with van der Waals surface area (Å²) in [5.74, 6) is 1.72. The summed E-state index contributed by atoms with van der Waals surface area (Å²) in [6, 6.07) is 24.1. The lowest BCUT2D eigenvalue weighted by Gasteiger charge is -2.28. The zero-order valence-corrected chi connectivity index (χ0v) is 19.6. The van der Waals surface area contributed by atoms with Crippen LogP contribution in [0.3, 0.4) is 0 Å². The minimum Gasteiger partial charge on any atom is -0.192 e. The number of fused-ring (bicyclic) bond motifs is 1. The molecule has 1 aliphatic rings. The molecule has 2 heterocycles. The molecule has 3 heteroatoms. The van der Waals surface area contributed by atoms with Crippen molar-refractivity contribution in [2.45, 2.75) is 51.4 Å². The van der Waals surface area contributed by atoms with Gasteiger partial charge in [0.1, 0.15) is 0 Å². The third-order valence-electron chi connectivity index (χ3n) is 6.72. The molecule has 156 valence electrons. The summed E-state index contributed by atoms with van der Waals surface area (Å²) in [7, 11) is 0. The van der Waals surface area contributed by atoms with Crippen molar-refractivity contribution in [1.29, 1.82) is 5.26 Å². The van der Waals surface area contributed by atoms with Gasteiger partial charge >= 0.3 is 0 Å². The molecule has 5 rings (SSSR count). The fourth-order valence-electron chi connectivity index (χ4n) is 4.94. The first-order chi connectivity index (χ1) is 15.2. The minimum absolute atomic E-state index is 0.710. The van der Waals surface area contributed by atoms with Crippen molar-refractivity contribution in [3.63, 3.8) is 0 Å². The van der Waals surface area contributed by atoms with Crippen molar-refractivity contribution in [2.75, 3.05) is 0 Å². The zero-order valence-electron chi connectivity index (χ0n) is 17.9. The molecule has 0 aliphatic heterocycles. The highest BCUT2D eigenvalue weighted by Gasteiger charge is 2.21. The van der Waals surface area contributed by atoms with Crippen molar-refractivity contribution < 1.29 is 0 Å². The second-order valence-corrected chi connectivity index (χ2v) is 10.9. The number of rotatable bonds is 5. The van der Waals surface area contributed by atoms with Gasteiger partial charge in [0.25, 0.3) is 0 Å². The van der Waals surface area contributed by atoms with Crippen LogP contribution in [-0.4, -0.2) is 0 Å². The van der Waals surface area contributed by atoms with Crippen LogP contribution >= 0.6 is 22.7 Å². The van der Waals surface area contributed by atoms with E-state index in [4.69, 9.17) is 5.26 Å². The highest BCUT2D eigenvalue weighted by molar-refractivity contribution is 7.31. The van der Waals surface area contributed by atoms with Crippen molar-refractivity contribution in [1.82, 2.24) is 0 Å². The second kappa shape index (κ2) is 8.99. The van der Waals surface area contributed by atoms with Crippen LogP contribution in [0.1, 0.15) is 62.5 Å². The molecule has 4 aromatic rings. The Morgan fingerprint density at radius 1 is 0.806 bits per heavy atom. The summed E-state index contributed by atoms with van der Waals surface area (Å²) in [5.41, 5.74) is 4.76. The van der Waals surface area contributed by atoms with E-state index in [1.807, 2.05) is 46.9 Å². The van der Waals surface area contributed by atoms with Crippen LogP contribution in [0, 0.1) is 17.2 Å². The second-order valence-electron chi connectivity index (χ2n) is 8.77. The Labute approximate surface area is 193 Å². The lowest BCUT2D eigenvalue weighted by Crippen LogP contribution is -2.13. The third-order valence-corrected chi connectivity index (χ3v) is 9.11. The first-order valence-corrected chi connectivity index (χ1v) is 13.0. The molecule has 0 spiro atoms. The predicted molar refractivity (Wildman–Crippen MR) is 135 cm³/mol. The molecule has 2 aromatic heterocycles. The number of hydrogen-bond acceptors (Lipinski definition) is 3. The largest absolute Gasteiger partial charge is 0.192 e. The Kier molecular flexibility index (Phi) is 5.94. The van der Waals surface area contributed by atoms with Crippen molar-refractivity contribution >= 4 is 32.1 Å².